The summed E-state index contributed by atoms with van der Waals surface area (Å²) in [6.07, 6.45) is 0. The third-order valence-electron chi connectivity index (χ3n) is 4.39. The molecule has 1 fully saturated rings. The summed E-state index contributed by atoms with van der Waals surface area (Å²) in [7, 11) is 4.32. The molecule has 3 rings (SSSR count). The number of nitrogens with zero attached hydrogens (tertiary/aromatic N) is 4. The first kappa shape index (κ1) is 12.1. The Morgan fingerprint density at radius 1 is 1.17 bits per heavy atom. The number of nitrogens with one attached hydrogen (secondary N) is 1. The molecular weight excluding hydrogens is 226 g/mol. The van der Waals surface area contributed by atoms with Crippen molar-refractivity contribution in [3.8, 4) is 0 Å². The Balaban J connectivity index is 1.85. The number of hydrogen-bond acceptors (Lipinski definition) is 4. The number of piperazine rings is 1. The molecule has 1 N–H and O–H groups in total. The van der Waals surface area contributed by atoms with E-state index in [2.05, 4.69) is 40.7 Å². The summed E-state index contributed by atoms with van der Waals surface area (Å²) in [5.74, 6) is 1.13. The Labute approximate surface area is 109 Å². The van der Waals surface area contributed by atoms with E-state index in [0.29, 0.717) is 6.04 Å². The standard InChI is InChI=1S/C13H23N5/c1-10-15-13-11(17(10)3)8-14-9-12(13)18-6-4-16(2)5-7-18/h12,14H,4-9H2,1-3H3. The normalized spacial score (nSPS) is 26.3. The number of fused-ring (bicyclic) bond motifs is 1. The van der Waals surface area contributed by atoms with Crippen LogP contribution in [0.1, 0.15) is 23.3 Å². The zero-order chi connectivity index (χ0) is 12.7. The van der Waals surface area contributed by atoms with Crippen molar-refractivity contribution < 1.29 is 0 Å². The van der Waals surface area contributed by atoms with Crippen molar-refractivity contribution in [2.45, 2.75) is 19.5 Å². The van der Waals surface area contributed by atoms with Crippen LogP contribution in [0, 0.1) is 6.92 Å². The van der Waals surface area contributed by atoms with Crippen LogP contribution < -0.4 is 5.32 Å². The van der Waals surface area contributed by atoms with Gasteiger partial charge >= 0.3 is 0 Å². The van der Waals surface area contributed by atoms with Crippen molar-refractivity contribution >= 4 is 0 Å². The quantitative estimate of drug-likeness (QED) is 0.767. The molecule has 1 aromatic heterocycles. The first-order valence-electron chi connectivity index (χ1n) is 6.82. The number of aromatic nitrogens is 2. The summed E-state index contributed by atoms with van der Waals surface area (Å²) in [6.45, 7) is 8.72. The Hall–Kier alpha value is -0.910. The molecule has 1 unspecified atom stereocenters. The lowest BCUT2D eigenvalue weighted by Gasteiger charge is -2.39. The maximum Gasteiger partial charge on any atom is 0.105 e. The SMILES string of the molecule is Cc1nc2c(n1C)CNCC2N1CCN(C)CC1. The molecule has 5 nitrogen and oxygen atoms in total. The fourth-order valence-corrected chi connectivity index (χ4v) is 3.02. The summed E-state index contributed by atoms with van der Waals surface area (Å²) in [5, 5.41) is 3.54. The van der Waals surface area contributed by atoms with Crippen LogP contribution in [0.3, 0.4) is 0 Å². The zero-order valence-corrected chi connectivity index (χ0v) is 11.6. The second-order valence-electron chi connectivity index (χ2n) is 5.54. The van der Waals surface area contributed by atoms with Crippen molar-refractivity contribution in [1.29, 1.82) is 0 Å². The monoisotopic (exact) mass is 249 g/mol. The minimum atomic E-state index is 0.461. The van der Waals surface area contributed by atoms with Crippen molar-refractivity contribution in [3.05, 3.63) is 17.2 Å². The van der Waals surface area contributed by atoms with Crippen LogP contribution in [-0.2, 0) is 13.6 Å². The highest BCUT2D eigenvalue weighted by Crippen LogP contribution is 2.27. The summed E-state index contributed by atoms with van der Waals surface area (Å²) in [5.41, 5.74) is 2.67. The van der Waals surface area contributed by atoms with E-state index in [-0.39, 0.29) is 0 Å². The topological polar surface area (TPSA) is 36.3 Å². The van der Waals surface area contributed by atoms with Crippen molar-refractivity contribution in [2.75, 3.05) is 39.8 Å². The summed E-state index contributed by atoms with van der Waals surface area (Å²) in [4.78, 5) is 9.78. The maximum absolute atomic E-state index is 4.79. The highest BCUT2D eigenvalue weighted by atomic mass is 15.3. The van der Waals surface area contributed by atoms with Gasteiger partial charge in [-0.05, 0) is 14.0 Å². The van der Waals surface area contributed by atoms with E-state index in [1.54, 1.807) is 0 Å². The van der Waals surface area contributed by atoms with E-state index in [0.717, 1.165) is 45.1 Å². The van der Waals surface area contributed by atoms with E-state index in [4.69, 9.17) is 4.98 Å². The van der Waals surface area contributed by atoms with Gasteiger partial charge < -0.3 is 14.8 Å². The van der Waals surface area contributed by atoms with E-state index in [9.17, 15) is 0 Å². The number of likely N-dealkylation sites (N-methyl/N-ethyl adjacent to an activating group) is 1. The largest absolute Gasteiger partial charge is 0.334 e. The molecule has 3 heterocycles. The summed E-state index contributed by atoms with van der Waals surface area (Å²) in [6, 6.07) is 0.461. The van der Waals surface area contributed by atoms with Crippen LogP contribution >= 0.6 is 0 Å². The molecule has 0 aliphatic carbocycles. The summed E-state index contributed by atoms with van der Waals surface area (Å²) < 4.78 is 2.23. The average molecular weight is 249 g/mol. The first-order valence-corrected chi connectivity index (χ1v) is 6.82. The van der Waals surface area contributed by atoms with Gasteiger partial charge in [-0.1, -0.05) is 0 Å². The number of imidazole rings is 1. The summed E-state index contributed by atoms with van der Waals surface area (Å²) >= 11 is 0. The fraction of sp³-hybridized carbons (Fsp3) is 0.769. The number of rotatable bonds is 1. The Morgan fingerprint density at radius 2 is 1.89 bits per heavy atom. The van der Waals surface area contributed by atoms with Gasteiger partial charge in [-0.15, -0.1) is 0 Å². The molecule has 1 aromatic rings. The second kappa shape index (κ2) is 4.64. The minimum Gasteiger partial charge on any atom is -0.334 e. The van der Waals surface area contributed by atoms with E-state index < -0.39 is 0 Å². The van der Waals surface area contributed by atoms with Gasteiger partial charge in [0, 0.05) is 46.3 Å². The van der Waals surface area contributed by atoms with E-state index >= 15 is 0 Å². The third kappa shape index (κ3) is 1.96. The molecule has 5 heteroatoms. The van der Waals surface area contributed by atoms with Gasteiger partial charge in [-0.25, -0.2) is 4.98 Å². The van der Waals surface area contributed by atoms with Gasteiger partial charge in [0.2, 0.25) is 0 Å². The number of aryl methyl sites for hydroxylation is 1. The average Bonchev–Trinajstić information content (AvgIpc) is 2.67. The maximum atomic E-state index is 4.79. The van der Waals surface area contributed by atoms with Gasteiger partial charge in [0.05, 0.1) is 17.4 Å². The molecule has 0 aromatic carbocycles. The van der Waals surface area contributed by atoms with Crippen molar-refractivity contribution in [1.82, 2.24) is 24.7 Å². The number of hydrogen-bond donors (Lipinski definition) is 1. The smallest absolute Gasteiger partial charge is 0.105 e. The zero-order valence-electron chi connectivity index (χ0n) is 11.6. The highest BCUT2D eigenvalue weighted by Gasteiger charge is 2.31. The molecule has 1 atom stereocenters. The van der Waals surface area contributed by atoms with Crippen LogP contribution in [0.4, 0.5) is 0 Å². The minimum absolute atomic E-state index is 0.461. The second-order valence-corrected chi connectivity index (χ2v) is 5.54. The Morgan fingerprint density at radius 3 is 2.61 bits per heavy atom. The van der Waals surface area contributed by atoms with Gasteiger partial charge in [0.15, 0.2) is 0 Å². The van der Waals surface area contributed by atoms with Crippen LogP contribution in [-0.4, -0.2) is 59.1 Å². The van der Waals surface area contributed by atoms with E-state index in [1.807, 2.05) is 0 Å². The highest BCUT2D eigenvalue weighted by molar-refractivity contribution is 5.23. The lowest BCUT2D eigenvalue weighted by molar-refractivity contribution is 0.104. The van der Waals surface area contributed by atoms with E-state index in [1.165, 1.54) is 11.4 Å². The van der Waals surface area contributed by atoms with Gasteiger partial charge in [-0.3, -0.25) is 4.90 Å². The fourth-order valence-electron chi connectivity index (χ4n) is 3.02. The van der Waals surface area contributed by atoms with Gasteiger partial charge in [-0.2, -0.15) is 0 Å². The molecule has 1 saturated heterocycles. The predicted octanol–water partition coefficient (Wildman–Crippen LogP) is 0.120. The molecule has 0 bridgehead atoms. The lowest BCUT2D eigenvalue weighted by atomic mass is 10.1. The van der Waals surface area contributed by atoms with Crippen molar-refractivity contribution in [2.24, 2.45) is 7.05 Å². The first-order chi connectivity index (χ1) is 8.66. The molecule has 0 saturated carbocycles. The molecule has 0 radical (unpaired) electrons. The Bertz CT molecular complexity index is 431. The van der Waals surface area contributed by atoms with Crippen LogP contribution in [0.2, 0.25) is 0 Å². The molecule has 18 heavy (non-hydrogen) atoms. The third-order valence-corrected chi connectivity index (χ3v) is 4.39. The molecule has 0 amide bonds. The molecule has 2 aliphatic heterocycles. The molecule has 0 spiro atoms. The van der Waals surface area contributed by atoms with Crippen LogP contribution in [0.25, 0.3) is 0 Å². The van der Waals surface area contributed by atoms with Gasteiger partial charge in [0.1, 0.15) is 5.82 Å². The molecule has 100 valence electrons. The molecule has 2 aliphatic rings. The predicted molar refractivity (Wildman–Crippen MR) is 71.5 cm³/mol. The van der Waals surface area contributed by atoms with Crippen molar-refractivity contribution in [3.63, 3.8) is 0 Å². The Kier molecular flexibility index (Phi) is 3.13. The van der Waals surface area contributed by atoms with Crippen LogP contribution in [0.5, 0.6) is 0 Å². The van der Waals surface area contributed by atoms with Crippen LogP contribution in [0.15, 0.2) is 0 Å². The lowest BCUT2D eigenvalue weighted by Crippen LogP contribution is -2.49. The molecular formula is C13H23N5. The van der Waals surface area contributed by atoms with Gasteiger partial charge in [0.25, 0.3) is 0 Å².